The first kappa shape index (κ1) is 20.7. The van der Waals surface area contributed by atoms with Gasteiger partial charge in [-0.3, -0.25) is 4.79 Å². The number of carbonyl (C=O) groups is 1. The van der Waals surface area contributed by atoms with Crippen molar-refractivity contribution in [3.63, 3.8) is 0 Å². The molecule has 28 heavy (non-hydrogen) atoms. The molecule has 2 unspecified atom stereocenters. The Morgan fingerprint density at radius 2 is 1.32 bits per heavy atom. The Kier molecular flexibility index (Phi) is 7.35. The highest BCUT2D eigenvalue weighted by molar-refractivity contribution is 9.10. The second kappa shape index (κ2) is 9.94. The average Bonchev–Trinajstić information content (AvgIpc) is 2.74. The van der Waals surface area contributed by atoms with Crippen LogP contribution < -0.4 is 0 Å². The van der Waals surface area contributed by atoms with E-state index in [-0.39, 0.29) is 27.8 Å². The van der Waals surface area contributed by atoms with E-state index in [1.165, 1.54) is 14.7 Å². The summed E-state index contributed by atoms with van der Waals surface area (Å²) in [7, 11) is -0.171. The predicted molar refractivity (Wildman–Crippen MR) is 119 cm³/mol. The molecule has 0 saturated heterocycles. The van der Waals surface area contributed by atoms with Crippen molar-refractivity contribution in [3.8, 4) is 0 Å². The Morgan fingerprint density at radius 1 is 0.857 bits per heavy atom. The van der Waals surface area contributed by atoms with Crippen molar-refractivity contribution < 1.29 is 9.53 Å². The maximum absolute atomic E-state index is 12.0. The van der Waals surface area contributed by atoms with Crippen LogP contribution in [0.2, 0.25) is 0 Å². The lowest BCUT2D eigenvalue weighted by Crippen LogP contribution is -2.17. The second-order valence-electron chi connectivity index (χ2n) is 6.45. The van der Waals surface area contributed by atoms with Gasteiger partial charge in [0.15, 0.2) is 14.7 Å². The summed E-state index contributed by atoms with van der Waals surface area (Å²) in [6.07, 6.45) is 0.519. The fourth-order valence-electron chi connectivity index (χ4n) is 2.96. The molecule has 4 heteroatoms. The largest absolute Gasteiger partial charge is 0.457 e. The second-order valence-corrected chi connectivity index (χ2v) is 9.85. The van der Waals surface area contributed by atoms with Crippen molar-refractivity contribution >= 4 is 32.8 Å². The van der Waals surface area contributed by atoms with Gasteiger partial charge in [-0.15, -0.1) is 0 Å². The summed E-state index contributed by atoms with van der Waals surface area (Å²) < 4.78 is 5.63. The number of halogens is 1. The minimum absolute atomic E-state index is 0.171. The number of esters is 1. The number of benzene rings is 3. The summed E-state index contributed by atoms with van der Waals surface area (Å²) >= 11 is 3.28. The van der Waals surface area contributed by atoms with Gasteiger partial charge in [-0.05, 0) is 55.3 Å². The van der Waals surface area contributed by atoms with Gasteiger partial charge >= 0.3 is 5.97 Å². The maximum atomic E-state index is 12.0. The van der Waals surface area contributed by atoms with Gasteiger partial charge in [0.2, 0.25) is 0 Å². The third-order valence-corrected chi connectivity index (χ3v) is 7.00. The number of carbonyl (C=O) groups excluding carboxylic acids is 1. The Labute approximate surface area is 178 Å². The first-order valence-corrected chi connectivity index (χ1v) is 11.5. The highest BCUT2D eigenvalue weighted by Crippen LogP contribution is 2.32. The van der Waals surface area contributed by atoms with Crippen LogP contribution in [0.25, 0.3) is 0 Å². The molecule has 0 saturated carbocycles. The van der Waals surface area contributed by atoms with E-state index in [1.807, 2.05) is 19.1 Å². The van der Waals surface area contributed by atoms with E-state index in [0.29, 0.717) is 0 Å². The van der Waals surface area contributed by atoms with Crippen LogP contribution in [0, 0.1) is 0 Å². The number of alkyl halides is 1. The summed E-state index contributed by atoms with van der Waals surface area (Å²) in [6.45, 7) is 3.81. The smallest absolute Gasteiger partial charge is 0.320 e. The van der Waals surface area contributed by atoms with Crippen LogP contribution in [-0.4, -0.2) is 10.8 Å². The molecule has 0 radical (unpaired) electrons. The van der Waals surface area contributed by atoms with Gasteiger partial charge in [-0.1, -0.05) is 71.4 Å². The number of ether oxygens (including phenoxy) is 1. The van der Waals surface area contributed by atoms with Gasteiger partial charge in [0, 0.05) is 0 Å². The maximum Gasteiger partial charge on any atom is 0.320 e. The lowest BCUT2D eigenvalue weighted by Gasteiger charge is -2.18. The van der Waals surface area contributed by atoms with Crippen molar-refractivity contribution in [2.45, 2.75) is 45.9 Å². The fraction of sp³-hybridized carbons (Fsp3) is 0.208. The highest BCUT2D eigenvalue weighted by Gasteiger charge is 2.28. The summed E-state index contributed by atoms with van der Waals surface area (Å²) in [5.74, 6) is -0.232. The van der Waals surface area contributed by atoms with E-state index >= 15 is 0 Å². The van der Waals surface area contributed by atoms with Crippen molar-refractivity contribution in [2.24, 2.45) is 0 Å². The minimum atomic E-state index is -0.303. The van der Waals surface area contributed by atoms with Gasteiger partial charge < -0.3 is 4.74 Å². The molecule has 0 fully saturated rings. The van der Waals surface area contributed by atoms with Crippen molar-refractivity contribution in [3.05, 3.63) is 90.5 Å². The molecule has 0 aliphatic heterocycles. The number of hydrogen-bond donors (Lipinski definition) is 0. The van der Waals surface area contributed by atoms with Gasteiger partial charge in [-0.25, -0.2) is 0 Å². The zero-order valence-electron chi connectivity index (χ0n) is 16.0. The van der Waals surface area contributed by atoms with Crippen LogP contribution in [0.4, 0.5) is 0 Å². The first-order valence-electron chi connectivity index (χ1n) is 9.39. The quantitative estimate of drug-likeness (QED) is 0.229. The Morgan fingerprint density at radius 3 is 1.75 bits per heavy atom. The normalized spacial score (nSPS) is 13.1. The van der Waals surface area contributed by atoms with E-state index in [2.05, 4.69) is 88.7 Å². The average molecular weight is 456 g/mol. The molecule has 0 aliphatic carbocycles. The predicted octanol–water partition coefficient (Wildman–Crippen LogP) is 6.56. The van der Waals surface area contributed by atoms with Crippen molar-refractivity contribution in [2.75, 3.05) is 0 Å². The Bertz CT molecular complexity index is 840. The lowest BCUT2D eigenvalue weighted by molar-refractivity contribution is -0.148. The Balaban J connectivity index is 1.91. The summed E-state index contributed by atoms with van der Waals surface area (Å²) in [6, 6.07) is 29.6. The monoisotopic (exact) mass is 455 g/mol. The molecule has 3 rings (SSSR count). The third kappa shape index (κ3) is 5.06. The van der Waals surface area contributed by atoms with E-state index in [4.69, 9.17) is 4.74 Å². The molecular weight excluding hydrogens is 432 g/mol. The van der Waals surface area contributed by atoms with Gasteiger partial charge in [0.05, 0.1) is 10.9 Å². The van der Waals surface area contributed by atoms with Gasteiger partial charge in [0.25, 0.3) is 0 Å². The van der Waals surface area contributed by atoms with Crippen LogP contribution in [0.15, 0.2) is 99.6 Å². The molecule has 0 bridgehead atoms. The molecule has 0 spiro atoms. The molecule has 2 atom stereocenters. The number of rotatable bonds is 7. The van der Waals surface area contributed by atoms with Crippen molar-refractivity contribution in [1.82, 2.24) is 0 Å². The summed E-state index contributed by atoms with van der Waals surface area (Å²) in [5.41, 5.74) is 1.03. The number of hydrogen-bond acceptors (Lipinski definition) is 2. The molecule has 0 heterocycles. The first-order chi connectivity index (χ1) is 13.6. The van der Waals surface area contributed by atoms with E-state index in [1.54, 1.807) is 6.92 Å². The standard InChI is InChI=1S/C24H24BrO2S/c1-3-23(27-24(26)18(2)25)19-14-16-22(17-15-19)28(20-10-6-4-7-11-20)21-12-8-5-9-13-21/h4-18,23H,3H2,1-2H3/q+1. The van der Waals surface area contributed by atoms with Crippen LogP contribution in [-0.2, 0) is 20.4 Å². The zero-order valence-corrected chi connectivity index (χ0v) is 18.4. The minimum Gasteiger partial charge on any atom is -0.457 e. The molecule has 2 nitrogen and oxygen atoms in total. The molecule has 3 aromatic rings. The van der Waals surface area contributed by atoms with Gasteiger partial charge in [0.1, 0.15) is 10.9 Å². The van der Waals surface area contributed by atoms with Crippen LogP contribution in [0.5, 0.6) is 0 Å². The molecule has 0 amide bonds. The molecule has 0 aromatic heterocycles. The molecule has 0 N–H and O–H groups in total. The molecular formula is C24H24BrO2S+. The van der Waals surface area contributed by atoms with Crippen molar-refractivity contribution in [1.29, 1.82) is 0 Å². The third-order valence-electron chi connectivity index (χ3n) is 4.40. The van der Waals surface area contributed by atoms with Crippen LogP contribution >= 0.6 is 15.9 Å². The summed E-state index contributed by atoms with van der Waals surface area (Å²) in [5, 5.41) is 0. The van der Waals surface area contributed by atoms with E-state index < -0.39 is 0 Å². The molecule has 3 aromatic carbocycles. The topological polar surface area (TPSA) is 26.3 Å². The SMILES string of the molecule is CCC(OC(=O)C(C)Br)c1ccc([S+](c2ccccc2)c2ccccc2)cc1. The fourth-order valence-corrected chi connectivity index (χ4v) is 5.15. The van der Waals surface area contributed by atoms with E-state index in [0.717, 1.165) is 12.0 Å². The summed E-state index contributed by atoms with van der Waals surface area (Å²) in [4.78, 5) is 15.5. The van der Waals surface area contributed by atoms with Crippen LogP contribution in [0.3, 0.4) is 0 Å². The zero-order chi connectivity index (χ0) is 19.9. The molecule has 144 valence electrons. The Hall–Kier alpha value is -2.04. The van der Waals surface area contributed by atoms with Gasteiger partial charge in [-0.2, -0.15) is 0 Å². The van der Waals surface area contributed by atoms with Crippen LogP contribution in [0.1, 0.15) is 31.9 Å². The highest BCUT2D eigenvalue weighted by atomic mass is 79.9. The lowest BCUT2D eigenvalue weighted by atomic mass is 10.1. The van der Waals surface area contributed by atoms with E-state index in [9.17, 15) is 4.79 Å². The molecule has 0 aliphatic rings.